The third kappa shape index (κ3) is 8.71. The molecule has 17 atom stereocenters. The Morgan fingerprint density at radius 1 is 1.00 bits per heavy atom. The smallest absolute Gasteiger partial charge is 0.311 e. The maximum absolute atomic E-state index is 14.4. The minimum absolute atomic E-state index is 0.146. The highest BCUT2D eigenvalue weighted by molar-refractivity contribution is 5.73. The van der Waals surface area contributed by atoms with E-state index in [0.29, 0.717) is 18.6 Å². The molecule has 0 aromatic rings. The maximum Gasteiger partial charge on any atom is 0.311 e. The predicted molar refractivity (Wildman–Crippen MR) is 200 cm³/mol. The van der Waals surface area contributed by atoms with Gasteiger partial charge < -0.3 is 53.6 Å². The third-order valence-corrected chi connectivity index (χ3v) is 13.4. The van der Waals surface area contributed by atoms with Gasteiger partial charge in [-0.1, -0.05) is 33.6 Å². The van der Waals surface area contributed by atoms with Crippen molar-refractivity contribution in [3.63, 3.8) is 0 Å². The highest BCUT2D eigenvalue weighted by Crippen LogP contribution is 2.48. The number of likely N-dealkylation sites (tertiary alicyclic amines) is 1. The largest absolute Gasteiger partial charge is 0.488 e. The second-order valence-electron chi connectivity index (χ2n) is 17.8. The Bertz CT molecular complexity index is 1300. The van der Waals surface area contributed by atoms with E-state index >= 15 is 0 Å². The second-order valence-corrected chi connectivity index (χ2v) is 17.8. The standard InChI is InChI=1S/C41H71NO12/c1-12-29(43)41(10,47)36-24(4)32-22(2)20-40(9,54-32)35(53-38-31(44)28(19-23(3)49-38)42-17-15-13-14-16-18-42)25(5)33(26(6)37(46)52-36)51-30-21-39(8,48-11)34(45)27(7)50-30/h23-31,33-36,38,43-45,47H,12-21H2,1-11H3/t23?,24-,25-,26+,27?,28?,29+,30-,31?,33-,34-,35+,36+,38-,39?,40?,41+/m0/s1. The number of carbonyl (C=O) groups excluding carboxylic acids is 1. The van der Waals surface area contributed by atoms with Gasteiger partial charge >= 0.3 is 5.97 Å². The fourth-order valence-corrected chi connectivity index (χ4v) is 10.0. The van der Waals surface area contributed by atoms with Gasteiger partial charge in [-0.05, 0) is 92.8 Å². The van der Waals surface area contributed by atoms with Crippen LogP contribution in [-0.2, 0) is 38.0 Å². The van der Waals surface area contributed by atoms with Crippen LogP contribution in [0.4, 0.5) is 0 Å². The van der Waals surface area contributed by atoms with Crippen LogP contribution in [0.2, 0.25) is 0 Å². The lowest BCUT2D eigenvalue weighted by Crippen LogP contribution is -2.60. The molecule has 54 heavy (non-hydrogen) atoms. The SMILES string of the molecule is CC[C@@H](O)[C@@](C)(O)[C@@H]1OC(=O)[C@H](C)[C@@H](O[C@H]2CC(C)(OC)[C@@H](O)C(C)O2)[C@H](C)[C@@H](O[C@@H]2OC(C)CC(N3CCCCCC3)C2O)C2(C)CC(C)=C(O2)[C@@H]1C. The lowest BCUT2D eigenvalue weighted by molar-refractivity contribution is -0.317. The number of aliphatic hydroxyl groups is 4. The molecule has 5 aliphatic heterocycles. The molecule has 13 nitrogen and oxygen atoms in total. The third-order valence-electron chi connectivity index (χ3n) is 13.4. The molecule has 4 N–H and O–H groups in total. The number of methoxy groups -OCH3 is 1. The predicted octanol–water partition coefficient (Wildman–Crippen LogP) is 4.21. The lowest BCUT2D eigenvalue weighted by Gasteiger charge is -2.49. The summed E-state index contributed by atoms with van der Waals surface area (Å²) in [5, 5.41) is 45.9. The molecule has 0 spiro atoms. The van der Waals surface area contributed by atoms with Crippen molar-refractivity contribution in [3.8, 4) is 0 Å². The van der Waals surface area contributed by atoms with Crippen LogP contribution in [-0.4, -0.2) is 136 Å². The van der Waals surface area contributed by atoms with Crippen molar-refractivity contribution in [1.29, 1.82) is 0 Å². The van der Waals surface area contributed by atoms with Gasteiger partial charge in [-0.15, -0.1) is 0 Å². The van der Waals surface area contributed by atoms with Crippen molar-refractivity contribution in [2.24, 2.45) is 17.8 Å². The van der Waals surface area contributed by atoms with Gasteiger partial charge in [-0.3, -0.25) is 9.69 Å². The van der Waals surface area contributed by atoms with E-state index in [1.807, 2.05) is 34.6 Å². The van der Waals surface area contributed by atoms with Crippen LogP contribution in [0, 0.1) is 17.8 Å². The highest BCUT2D eigenvalue weighted by atomic mass is 16.7. The molecule has 6 unspecified atom stereocenters. The van der Waals surface area contributed by atoms with Crippen molar-refractivity contribution < 1.29 is 58.4 Å². The monoisotopic (exact) mass is 769 g/mol. The number of hydrogen-bond acceptors (Lipinski definition) is 13. The molecule has 0 aromatic heterocycles. The summed E-state index contributed by atoms with van der Waals surface area (Å²) in [6.45, 7) is 20.1. The first-order valence-electron chi connectivity index (χ1n) is 20.5. The molecule has 0 saturated carbocycles. The second kappa shape index (κ2) is 17.2. The number of aliphatic hydroxyl groups excluding tert-OH is 3. The number of fused-ring (bicyclic) bond motifs is 2. The molecule has 0 radical (unpaired) electrons. The van der Waals surface area contributed by atoms with E-state index in [-0.39, 0.29) is 25.0 Å². The summed E-state index contributed by atoms with van der Waals surface area (Å²) in [6.07, 6.45) is -2.52. The lowest BCUT2D eigenvalue weighted by atomic mass is 9.78. The molecule has 5 rings (SSSR count). The number of ether oxygens (including phenoxy) is 7. The van der Waals surface area contributed by atoms with E-state index in [9.17, 15) is 25.2 Å². The van der Waals surface area contributed by atoms with Crippen LogP contribution in [0.15, 0.2) is 11.3 Å². The molecular formula is C41H71NO12. The van der Waals surface area contributed by atoms with Gasteiger partial charge in [0.1, 0.15) is 41.4 Å². The van der Waals surface area contributed by atoms with E-state index in [1.165, 1.54) is 26.9 Å². The maximum atomic E-state index is 14.4. The average molecular weight is 770 g/mol. The first-order valence-corrected chi connectivity index (χ1v) is 20.5. The Morgan fingerprint density at radius 2 is 1.65 bits per heavy atom. The Morgan fingerprint density at radius 3 is 2.26 bits per heavy atom. The quantitative estimate of drug-likeness (QED) is 0.247. The zero-order valence-electron chi connectivity index (χ0n) is 34.7. The summed E-state index contributed by atoms with van der Waals surface area (Å²) in [4.78, 5) is 16.8. The van der Waals surface area contributed by atoms with E-state index < -0.39 is 95.8 Å². The minimum Gasteiger partial charge on any atom is -0.488 e. The van der Waals surface area contributed by atoms with Crippen molar-refractivity contribution in [2.45, 2.75) is 205 Å². The minimum atomic E-state index is -1.82. The van der Waals surface area contributed by atoms with Crippen LogP contribution in [0.25, 0.3) is 0 Å². The Balaban J connectivity index is 1.57. The van der Waals surface area contributed by atoms with Crippen LogP contribution in [0.1, 0.15) is 121 Å². The van der Waals surface area contributed by atoms with Gasteiger partial charge in [-0.25, -0.2) is 0 Å². The first-order chi connectivity index (χ1) is 25.3. The van der Waals surface area contributed by atoms with Gasteiger partial charge in [0.2, 0.25) is 0 Å². The number of carbonyl (C=O) groups is 1. The zero-order chi connectivity index (χ0) is 39.9. The van der Waals surface area contributed by atoms with E-state index in [4.69, 9.17) is 33.2 Å². The Hall–Kier alpha value is -1.39. The van der Waals surface area contributed by atoms with E-state index in [1.54, 1.807) is 27.7 Å². The fourth-order valence-electron chi connectivity index (χ4n) is 10.0. The number of cyclic esters (lactones) is 1. The van der Waals surface area contributed by atoms with E-state index in [2.05, 4.69) is 4.90 Å². The van der Waals surface area contributed by atoms with Gasteiger partial charge in [0, 0.05) is 31.9 Å². The topological polar surface area (TPSA) is 166 Å². The summed E-state index contributed by atoms with van der Waals surface area (Å²) < 4.78 is 45.5. The van der Waals surface area contributed by atoms with E-state index in [0.717, 1.165) is 31.5 Å². The summed E-state index contributed by atoms with van der Waals surface area (Å²) in [7, 11) is 1.54. The summed E-state index contributed by atoms with van der Waals surface area (Å²) in [5.74, 6) is -2.21. The molecule has 312 valence electrons. The van der Waals surface area contributed by atoms with Crippen molar-refractivity contribution >= 4 is 5.97 Å². The molecule has 0 aromatic carbocycles. The molecular weight excluding hydrogens is 698 g/mol. The van der Waals surface area contributed by atoms with Crippen molar-refractivity contribution in [2.75, 3.05) is 20.2 Å². The Labute approximate surface area is 323 Å². The van der Waals surface area contributed by atoms with Gasteiger partial charge in [-0.2, -0.15) is 0 Å². The number of esters is 1. The molecule has 4 saturated heterocycles. The zero-order valence-corrected chi connectivity index (χ0v) is 34.7. The molecule has 13 heteroatoms. The summed E-state index contributed by atoms with van der Waals surface area (Å²) >= 11 is 0. The summed E-state index contributed by atoms with van der Waals surface area (Å²) in [6, 6.07) is -0.146. The first kappa shape index (κ1) is 43.7. The summed E-state index contributed by atoms with van der Waals surface area (Å²) in [5.41, 5.74) is -2.93. The van der Waals surface area contributed by atoms with Gasteiger partial charge in [0.15, 0.2) is 12.6 Å². The van der Waals surface area contributed by atoms with Crippen LogP contribution >= 0.6 is 0 Å². The molecule has 5 heterocycles. The Kier molecular flexibility index (Phi) is 13.9. The molecule has 5 aliphatic rings. The molecule has 4 fully saturated rings. The average Bonchev–Trinajstić information content (AvgIpc) is 3.25. The molecule has 2 bridgehead atoms. The molecule has 0 amide bonds. The van der Waals surface area contributed by atoms with Gasteiger partial charge in [0.05, 0.1) is 41.9 Å². The number of hydrogen-bond donors (Lipinski definition) is 4. The van der Waals surface area contributed by atoms with Crippen LogP contribution in [0.3, 0.4) is 0 Å². The van der Waals surface area contributed by atoms with Gasteiger partial charge in [0.25, 0.3) is 0 Å². The van der Waals surface area contributed by atoms with Crippen LogP contribution < -0.4 is 0 Å². The van der Waals surface area contributed by atoms with Crippen LogP contribution in [0.5, 0.6) is 0 Å². The number of rotatable bonds is 9. The highest BCUT2D eigenvalue weighted by Gasteiger charge is 2.57. The number of nitrogens with zero attached hydrogens (tertiary/aromatic N) is 1. The fraction of sp³-hybridized carbons (Fsp3) is 0.927. The normalized spacial score (nSPS) is 46.1. The van der Waals surface area contributed by atoms with Crippen molar-refractivity contribution in [1.82, 2.24) is 4.90 Å². The van der Waals surface area contributed by atoms with Crippen molar-refractivity contribution in [3.05, 3.63) is 11.3 Å². The molecule has 0 aliphatic carbocycles.